The van der Waals surface area contributed by atoms with Gasteiger partial charge in [0.05, 0.1) is 31.1 Å². The Morgan fingerprint density at radius 3 is 2.68 bits per heavy atom. The van der Waals surface area contributed by atoms with Crippen LogP contribution in [0.1, 0.15) is 25.5 Å². The SMILES string of the molecule is Cc1ccccc1OCC(=O)Nc1cnn(C(C)C)c(=O)c1N1CCOCC1. The lowest BCUT2D eigenvalue weighted by Crippen LogP contribution is -2.42. The first-order valence-corrected chi connectivity index (χ1v) is 9.40. The first-order chi connectivity index (χ1) is 13.5. The Morgan fingerprint density at radius 1 is 1.29 bits per heavy atom. The molecule has 0 bridgehead atoms. The maximum atomic E-state index is 13.0. The van der Waals surface area contributed by atoms with Crippen LogP contribution in [0.5, 0.6) is 5.75 Å². The van der Waals surface area contributed by atoms with E-state index in [0.717, 1.165) is 5.56 Å². The largest absolute Gasteiger partial charge is 0.483 e. The fraction of sp³-hybridized carbons (Fsp3) is 0.450. The molecular weight excluding hydrogens is 360 g/mol. The van der Waals surface area contributed by atoms with E-state index in [0.29, 0.717) is 43.4 Å². The summed E-state index contributed by atoms with van der Waals surface area (Å²) in [6, 6.07) is 7.41. The number of aromatic nitrogens is 2. The lowest BCUT2D eigenvalue weighted by atomic mass is 10.2. The van der Waals surface area contributed by atoms with Crippen LogP contribution in [0.15, 0.2) is 35.3 Å². The molecular formula is C20H26N4O4. The van der Waals surface area contributed by atoms with Crippen LogP contribution in [0.2, 0.25) is 0 Å². The second-order valence-electron chi connectivity index (χ2n) is 6.95. The molecule has 1 aliphatic heterocycles. The van der Waals surface area contributed by atoms with Gasteiger partial charge in [-0.25, -0.2) is 4.68 Å². The van der Waals surface area contributed by atoms with Crippen molar-refractivity contribution in [2.24, 2.45) is 0 Å². The molecule has 8 heteroatoms. The number of ether oxygens (including phenoxy) is 2. The Morgan fingerprint density at radius 2 is 2.00 bits per heavy atom. The van der Waals surface area contributed by atoms with Gasteiger partial charge in [-0.2, -0.15) is 5.10 Å². The van der Waals surface area contributed by atoms with Crippen LogP contribution in [0, 0.1) is 6.92 Å². The van der Waals surface area contributed by atoms with E-state index in [-0.39, 0.29) is 24.1 Å². The molecule has 0 aliphatic carbocycles. The van der Waals surface area contributed by atoms with Crippen molar-refractivity contribution in [1.82, 2.24) is 9.78 Å². The third kappa shape index (κ3) is 4.51. The number of carbonyl (C=O) groups excluding carboxylic acids is 1. The summed E-state index contributed by atoms with van der Waals surface area (Å²) in [6.07, 6.45) is 1.53. The molecule has 1 fully saturated rings. The zero-order chi connectivity index (χ0) is 20.1. The van der Waals surface area contributed by atoms with Crippen LogP contribution in [-0.4, -0.2) is 48.6 Å². The van der Waals surface area contributed by atoms with Gasteiger partial charge in [0, 0.05) is 13.1 Å². The highest BCUT2D eigenvalue weighted by atomic mass is 16.5. The summed E-state index contributed by atoms with van der Waals surface area (Å²) in [5, 5.41) is 6.99. The van der Waals surface area contributed by atoms with Crippen molar-refractivity contribution < 1.29 is 14.3 Å². The van der Waals surface area contributed by atoms with Crippen molar-refractivity contribution in [3.63, 3.8) is 0 Å². The van der Waals surface area contributed by atoms with Crippen molar-refractivity contribution in [2.75, 3.05) is 43.1 Å². The van der Waals surface area contributed by atoms with Gasteiger partial charge in [0.2, 0.25) is 0 Å². The highest BCUT2D eigenvalue weighted by Gasteiger charge is 2.22. The molecule has 2 aromatic rings. The summed E-state index contributed by atoms with van der Waals surface area (Å²) in [4.78, 5) is 27.4. The number of hydrogen-bond acceptors (Lipinski definition) is 6. The fourth-order valence-electron chi connectivity index (χ4n) is 3.06. The summed E-state index contributed by atoms with van der Waals surface area (Å²) >= 11 is 0. The molecule has 8 nitrogen and oxygen atoms in total. The molecule has 0 unspecified atom stereocenters. The molecule has 2 heterocycles. The van der Waals surface area contributed by atoms with Gasteiger partial charge >= 0.3 is 0 Å². The van der Waals surface area contributed by atoms with Crippen molar-refractivity contribution in [3.05, 3.63) is 46.4 Å². The van der Waals surface area contributed by atoms with Crippen LogP contribution >= 0.6 is 0 Å². The van der Waals surface area contributed by atoms with Gasteiger partial charge < -0.3 is 19.7 Å². The molecule has 1 aromatic heterocycles. The minimum atomic E-state index is -0.346. The predicted molar refractivity (Wildman–Crippen MR) is 107 cm³/mol. The number of para-hydroxylation sites is 1. The third-order valence-corrected chi connectivity index (χ3v) is 4.52. The highest BCUT2D eigenvalue weighted by Crippen LogP contribution is 2.23. The topological polar surface area (TPSA) is 85.7 Å². The van der Waals surface area contributed by atoms with Crippen LogP contribution in [0.3, 0.4) is 0 Å². The average molecular weight is 386 g/mol. The van der Waals surface area contributed by atoms with Gasteiger partial charge in [0.15, 0.2) is 6.61 Å². The van der Waals surface area contributed by atoms with Crippen LogP contribution in [0.4, 0.5) is 11.4 Å². The number of anilines is 2. The third-order valence-electron chi connectivity index (χ3n) is 4.52. The zero-order valence-corrected chi connectivity index (χ0v) is 16.5. The van der Waals surface area contributed by atoms with Crippen molar-refractivity contribution in [3.8, 4) is 5.75 Å². The van der Waals surface area contributed by atoms with Crippen molar-refractivity contribution in [1.29, 1.82) is 0 Å². The van der Waals surface area contributed by atoms with E-state index in [2.05, 4.69) is 10.4 Å². The number of carbonyl (C=O) groups is 1. The van der Waals surface area contributed by atoms with Crippen molar-refractivity contribution in [2.45, 2.75) is 26.8 Å². The number of nitrogens with one attached hydrogen (secondary N) is 1. The van der Waals surface area contributed by atoms with Crippen LogP contribution < -0.4 is 20.5 Å². The Bertz CT molecular complexity index is 888. The van der Waals surface area contributed by atoms with Gasteiger partial charge in [-0.15, -0.1) is 0 Å². The Balaban J connectivity index is 1.80. The lowest BCUT2D eigenvalue weighted by Gasteiger charge is -2.30. The molecule has 1 aliphatic rings. The van der Waals surface area contributed by atoms with Gasteiger partial charge in [-0.05, 0) is 32.4 Å². The first-order valence-electron chi connectivity index (χ1n) is 9.40. The molecule has 1 amide bonds. The zero-order valence-electron chi connectivity index (χ0n) is 16.5. The molecule has 150 valence electrons. The smallest absolute Gasteiger partial charge is 0.292 e. The number of amides is 1. The molecule has 1 aromatic carbocycles. The Hall–Kier alpha value is -2.87. The lowest BCUT2D eigenvalue weighted by molar-refractivity contribution is -0.118. The number of benzene rings is 1. The summed E-state index contributed by atoms with van der Waals surface area (Å²) in [5.41, 5.74) is 1.55. The number of morpholine rings is 1. The molecule has 1 saturated heterocycles. The molecule has 0 atom stereocenters. The molecule has 28 heavy (non-hydrogen) atoms. The van der Waals surface area contributed by atoms with Gasteiger partial charge in [0.1, 0.15) is 11.4 Å². The quantitative estimate of drug-likeness (QED) is 0.817. The highest BCUT2D eigenvalue weighted by molar-refractivity contribution is 5.95. The number of hydrogen-bond donors (Lipinski definition) is 1. The minimum absolute atomic E-state index is 0.0820. The maximum absolute atomic E-state index is 13.0. The summed E-state index contributed by atoms with van der Waals surface area (Å²) < 4.78 is 12.4. The van der Waals surface area contributed by atoms with E-state index < -0.39 is 0 Å². The van der Waals surface area contributed by atoms with Gasteiger partial charge in [-0.1, -0.05) is 18.2 Å². The van der Waals surface area contributed by atoms with Gasteiger partial charge in [-0.3, -0.25) is 9.59 Å². The average Bonchev–Trinajstić information content (AvgIpc) is 2.68. The number of aryl methyl sites for hydroxylation is 1. The molecule has 0 radical (unpaired) electrons. The second kappa shape index (κ2) is 8.88. The van der Waals surface area contributed by atoms with E-state index in [1.54, 1.807) is 0 Å². The molecule has 3 rings (SSSR count). The number of nitrogens with zero attached hydrogens (tertiary/aromatic N) is 3. The van der Waals surface area contributed by atoms with E-state index in [4.69, 9.17) is 9.47 Å². The molecule has 0 saturated carbocycles. The van der Waals surface area contributed by atoms with Crippen LogP contribution in [-0.2, 0) is 9.53 Å². The minimum Gasteiger partial charge on any atom is -0.483 e. The van der Waals surface area contributed by atoms with E-state index in [1.807, 2.05) is 49.9 Å². The summed E-state index contributed by atoms with van der Waals surface area (Å²) in [5.74, 6) is 0.306. The van der Waals surface area contributed by atoms with E-state index in [1.165, 1.54) is 10.9 Å². The monoisotopic (exact) mass is 386 g/mol. The second-order valence-corrected chi connectivity index (χ2v) is 6.95. The summed E-state index contributed by atoms with van der Waals surface area (Å²) in [6.45, 7) is 7.79. The van der Waals surface area contributed by atoms with E-state index >= 15 is 0 Å². The van der Waals surface area contributed by atoms with E-state index in [9.17, 15) is 9.59 Å². The Labute approximate surface area is 164 Å². The van der Waals surface area contributed by atoms with Crippen LogP contribution in [0.25, 0.3) is 0 Å². The maximum Gasteiger partial charge on any atom is 0.292 e. The Kier molecular flexibility index (Phi) is 6.30. The molecule has 1 N–H and O–H groups in total. The molecule has 0 spiro atoms. The predicted octanol–water partition coefficient (Wildman–Crippen LogP) is 1.99. The standard InChI is InChI=1S/C20H26N4O4/c1-14(2)24-20(26)19(23-8-10-27-11-9-23)16(12-21-24)22-18(25)13-28-17-7-5-4-6-15(17)3/h4-7,12,14H,8-11,13H2,1-3H3,(H,22,25). The summed E-state index contributed by atoms with van der Waals surface area (Å²) in [7, 11) is 0. The number of rotatable bonds is 6. The van der Waals surface area contributed by atoms with Gasteiger partial charge in [0.25, 0.3) is 11.5 Å². The fourth-order valence-corrected chi connectivity index (χ4v) is 3.06. The normalized spacial score (nSPS) is 14.2. The first kappa shape index (κ1) is 19.9. The van der Waals surface area contributed by atoms with Crippen molar-refractivity contribution >= 4 is 17.3 Å².